The third-order valence-electron chi connectivity index (χ3n) is 2.87. The Morgan fingerprint density at radius 3 is 2.72 bits per heavy atom. The Labute approximate surface area is 106 Å². The van der Waals surface area contributed by atoms with E-state index >= 15 is 0 Å². The monoisotopic (exact) mass is 247 g/mol. The Morgan fingerprint density at radius 2 is 2.06 bits per heavy atom. The Morgan fingerprint density at radius 1 is 1.33 bits per heavy atom. The molecule has 18 heavy (non-hydrogen) atoms. The van der Waals surface area contributed by atoms with E-state index in [-0.39, 0.29) is 0 Å². The second-order valence-electron chi connectivity index (χ2n) is 4.33. The maximum atomic E-state index is 10.5. The van der Waals surface area contributed by atoms with Gasteiger partial charge in [-0.05, 0) is 17.6 Å². The van der Waals surface area contributed by atoms with Crippen LogP contribution < -0.4 is 0 Å². The average molecular weight is 247 g/mol. The van der Waals surface area contributed by atoms with E-state index in [1.54, 1.807) is 0 Å². The van der Waals surface area contributed by atoms with Crippen LogP contribution in [0, 0.1) is 0 Å². The minimum absolute atomic E-state index is 0.550. The highest BCUT2D eigenvalue weighted by Crippen LogP contribution is 2.14. The predicted molar refractivity (Wildman–Crippen MR) is 68.4 cm³/mol. The number of carboxylic acid groups (broad SMARTS) is 1. The molecule has 1 heterocycles. The summed E-state index contributed by atoms with van der Waals surface area (Å²) in [6, 6.07) is 10.0. The molecule has 1 fully saturated rings. The summed E-state index contributed by atoms with van der Waals surface area (Å²) in [5.74, 6) is 0. The lowest BCUT2D eigenvalue weighted by Crippen LogP contribution is -2.43. The number of carbonyl (C=O) groups is 1. The lowest BCUT2D eigenvalue weighted by atomic mass is 10.1. The van der Waals surface area contributed by atoms with Crippen molar-refractivity contribution in [3.8, 4) is 0 Å². The molecule has 0 spiro atoms. The average Bonchev–Trinajstić information content (AvgIpc) is 2.32. The van der Waals surface area contributed by atoms with Gasteiger partial charge in [0.15, 0.2) is 0 Å². The van der Waals surface area contributed by atoms with E-state index in [2.05, 4.69) is 6.08 Å². The van der Waals surface area contributed by atoms with Crippen molar-refractivity contribution < 1.29 is 14.6 Å². The van der Waals surface area contributed by atoms with Gasteiger partial charge in [0.2, 0.25) is 0 Å². The van der Waals surface area contributed by atoms with Gasteiger partial charge >= 0.3 is 6.09 Å². The first-order valence-electron chi connectivity index (χ1n) is 6.03. The normalized spacial score (nSPS) is 14.2. The van der Waals surface area contributed by atoms with Gasteiger partial charge in [-0.2, -0.15) is 0 Å². The summed E-state index contributed by atoms with van der Waals surface area (Å²) in [4.78, 5) is 11.9. The van der Waals surface area contributed by atoms with Crippen LogP contribution in [0.1, 0.15) is 12.0 Å². The van der Waals surface area contributed by atoms with Crippen molar-refractivity contribution in [1.29, 1.82) is 0 Å². The fourth-order valence-corrected chi connectivity index (χ4v) is 1.82. The number of benzene rings is 1. The Balaban J connectivity index is 1.57. The maximum absolute atomic E-state index is 10.5. The van der Waals surface area contributed by atoms with Crippen LogP contribution >= 0.6 is 0 Å². The first kappa shape index (κ1) is 12.6. The molecular formula is C14H17NO3. The van der Waals surface area contributed by atoms with Crippen LogP contribution in [0.4, 0.5) is 4.79 Å². The zero-order valence-corrected chi connectivity index (χ0v) is 10.2. The number of rotatable bonds is 5. The SMILES string of the molecule is O=C(O)N1CC(=CCCOCc2ccccc2)C1. The van der Waals surface area contributed by atoms with Crippen LogP contribution in [0.15, 0.2) is 42.0 Å². The molecule has 1 N–H and O–H groups in total. The molecule has 0 atom stereocenters. The minimum atomic E-state index is -0.840. The standard InChI is InChI=1S/C14H17NO3/c16-14(17)15-9-13(10-15)7-4-8-18-11-12-5-2-1-3-6-12/h1-3,5-7H,4,8-11H2,(H,16,17). The number of nitrogens with zero attached hydrogens (tertiary/aromatic N) is 1. The van der Waals surface area contributed by atoms with Crippen molar-refractivity contribution >= 4 is 6.09 Å². The summed E-state index contributed by atoms with van der Waals surface area (Å²) >= 11 is 0. The molecular weight excluding hydrogens is 230 g/mol. The quantitative estimate of drug-likeness (QED) is 0.642. The van der Waals surface area contributed by atoms with Gasteiger partial charge in [-0.1, -0.05) is 36.4 Å². The van der Waals surface area contributed by atoms with E-state index in [9.17, 15) is 4.79 Å². The summed E-state index contributed by atoms with van der Waals surface area (Å²) in [6.07, 6.45) is 2.08. The summed E-state index contributed by atoms with van der Waals surface area (Å²) in [6.45, 7) is 2.40. The number of hydrogen-bond acceptors (Lipinski definition) is 2. The van der Waals surface area contributed by atoms with Gasteiger partial charge in [0.05, 0.1) is 13.2 Å². The van der Waals surface area contributed by atoms with Crippen LogP contribution in [-0.2, 0) is 11.3 Å². The van der Waals surface area contributed by atoms with Crippen LogP contribution in [0.25, 0.3) is 0 Å². The highest BCUT2D eigenvalue weighted by molar-refractivity contribution is 5.67. The molecule has 4 nitrogen and oxygen atoms in total. The van der Waals surface area contributed by atoms with E-state index in [4.69, 9.17) is 9.84 Å². The molecule has 1 aliphatic heterocycles. The Bertz CT molecular complexity index is 420. The van der Waals surface area contributed by atoms with E-state index in [0.29, 0.717) is 26.3 Å². The van der Waals surface area contributed by atoms with Crippen molar-refractivity contribution in [2.45, 2.75) is 13.0 Å². The van der Waals surface area contributed by atoms with Crippen molar-refractivity contribution in [2.75, 3.05) is 19.7 Å². The first-order valence-corrected chi connectivity index (χ1v) is 6.03. The van der Waals surface area contributed by atoms with Crippen LogP contribution in [0.3, 0.4) is 0 Å². The van der Waals surface area contributed by atoms with Gasteiger partial charge in [-0.15, -0.1) is 0 Å². The molecule has 1 saturated heterocycles. The highest BCUT2D eigenvalue weighted by Gasteiger charge is 2.23. The molecule has 1 aromatic carbocycles. The lowest BCUT2D eigenvalue weighted by molar-refractivity contribution is 0.124. The van der Waals surface area contributed by atoms with Gasteiger partial charge in [-0.25, -0.2) is 4.79 Å². The summed E-state index contributed by atoms with van der Waals surface area (Å²) in [5.41, 5.74) is 2.35. The van der Waals surface area contributed by atoms with Gasteiger partial charge in [0.1, 0.15) is 0 Å². The zero-order chi connectivity index (χ0) is 12.8. The molecule has 0 bridgehead atoms. The number of hydrogen-bond donors (Lipinski definition) is 1. The van der Waals surface area contributed by atoms with Crippen molar-refractivity contribution in [1.82, 2.24) is 4.90 Å². The van der Waals surface area contributed by atoms with Gasteiger partial charge in [-0.3, -0.25) is 0 Å². The van der Waals surface area contributed by atoms with Gasteiger partial charge in [0.25, 0.3) is 0 Å². The Kier molecular flexibility index (Phi) is 4.36. The maximum Gasteiger partial charge on any atom is 0.407 e. The summed E-state index contributed by atoms with van der Waals surface area (Å²) in [5, 5.41) is 8.66. The smallest absolute Gasteiger partial charge is 0.407 e. The number of likely N-dealkylation sites (tertiary alicyclic amines) is 1. The Hall–Kier alpha value is -1.81. The molecule has 0 saturated carbocycles. The molecule has 1 aliphatic rings. The minimum Gasteiger partial charge on any atom is -0.465 e. The van der Waals surface area contributed by atoms with Gasteiger partial charge < -0.3 is 14.7 Å². The molecule has 4 heteroatoms. The fourth-order valence-electron chi connectivity index (χ4n) is 1.82. The second kappa shape index (κ2) is 6.21. The van der Waals surface area contributed by atoms with E-state index in [1.165, 1.54) is 16.0 Å². The van der Waals surface area contributed by atoms with Crippen LogP contribution in [0.5, 0.6) is 0 Å². The predicted octanol–water partition coefficient (Wildman–Crippen LogP) is 2.51. The third-order valence-corrected chi connectivity index (χ3v) is 2.87. The number of ether oxygens (including phenoxy) is 1. The summed E-state index contributed by atoms with van der Waals surface area (Å²) in [7, 11) is 0. The van der Waals surface area contributed by atoms with Crippen LogP contribution in [0.2, 0.25) is 0 Å². The number of amides is 1. The van der Waals surface area contributed by atoms with Crippen LogP contribution in [-0.4, -0.2) is 35.8 Å². The van der Waals surface area contributed by atoms with Gasteiger partial charge in [0, 0.05) is 13.1 Å². The topological polar surface area (TPSA) is 49.8 Å². The molecule has 0 radical (unpaired) electrons. The van der Waals surface area contributed by atoms with Crippen molar-refractivity contribution in [3.63, 3.8) is 0 Å². The zero-order valence-electron chi connectivity index (χ0n) is 10.2. The highest BCUT2D eigenvalue weighted by atomic mass is 16.5. The molecule has 1 amide bonds. The molecule has 0 unspecified atom stereocenters. The van der Waals surface area contributed by atoms with Crippen molar-refractivity contribution in [3.05, 3.63) is 47.5 Å². The van der Waals surface area contributed by atoms with E-state index in [1.807, 2.05) is 30.3 Å². The molecule has 0 aliphatic carbocycles. The fraction of sp³-hybridized carbons (Fsp3) is 0.357. The van der Waals surface area contributed by atoms with E-state index in [0.717, 1.165) is 6.42 Å². The van der Waals surface area contributed by atoms with E-state index < -0.39 is 6.09 Å². The molecule has 2 rings (SSSR count). The largest absolute Gasteiger partial charge is 0.465 e. The molecule has 0 aromatic heterocycles. The van der Waals surface area contributed by atoms with Crippen molar-refractivity contribution in [2.24, 2.45) is 0 Å². The molecule has 96 valence electrons. The lowest BCUT2D eigenvalue weighted by Gasteiger charge is -2.31. The second-order valence-corrected chi connectivity index (χ2v) is 4.33. The summed E-state index contributed by atoms with van der Waals surface area (Å²) < 4.78 is 5.54. The first-order chi connectivity index (χ1) is 8.75. The third kappa shape index (κ3) is 3.60. The molecule has 1 aromatic rings.